The van der Waals surface area contributed by atoms with Crippen molar-refractivity contribution in [3.05, 3.63) is 0 Å². The van der Waals surface area contributed by atoms with E-state index in [2.05, 4.69) is 27.7 Å². The Morgan fingerprint density at radius 2 is 1.80 bits per heavy atom. The van der Waals surface area contributed by atoms with E-state index in [9.17, 15) is 0 Å². The molecule has 0 N–H and O–H groups in total. The fourth-order valence-corrected chi connectivity index (χ4v) is 1.08. The number of hydrogen-bond acceptors (Lipinski definition) is 1. The van der Waals surface area contributed by atoms with Crippen LogP contribution < -0.4 is 0 Å². The molecule has 0 fully saturated rings. The minimum absolute atomic E-state index is 0.386. The molecule has 0 saturated carbocycles. The molecule has 0 saturated heterocycles. The van der Waals surface area contributed by atoms with Crippen LogP contribution in [0, 0.1) is 0 Å². The molecular formula is C9H20O. The summed E-state index contributed by atoms with van der Waals surface area (Å²) >= 11 is 0. The molecule has 0 unspecified atom stereocenters. The van der Waals surface area contributed by atoms with Crippen molar-refractivity contribution in [2.45, 2.75) is 59.2 Å². The molecule has 0 radical (unpaired) electrons. The van der Waals surface area contributed by atoms with Crippen LogP contribution in [-0.2, 0) is 4.74 Å². The third-order valence-electron chi connectivity index (χ3n) is 1.53. The standard InChI is InChI=1S/C9H20O/c1-5-7-9(6-2)10-8(3)4/h8-9H,5-7H2,1-4H3/t9-/m1/s1. The molecule has 0 aromatic heterocycles. The zero-order valence-electron chi connectivity index (χ0n) is 7.68. The Bertz CT molecular complexity index is 69.1. The monoisotopic (exact) mass is 144 g/mol. The molecule has 0 aromatic rings. The largest absolute Gasteiger partial charge is 0.376 e. The first kappa shape index (κ1) is 9.96. The van der Waals surface area contributed by atoms with Gasteiger partial charge in [-0.1, -0.05) is 20.3 Å². The van der Waals surface area contributed by atoms with Crippen molar-refractivity contribution in [1.82, 2.24) is 0 Å². The van der Waals surface area contributed by atoms with Crippen LogP contribution in [-0.4, -0.2) is 12.2 Å². The van der Waals surface area contributed by atoms with Gasteiger partial charge in [-0.15, -0.1) is 0 Å². The zero-order chi connectivity index (χ0) is 7.98. The summed E-state index contributed by atoms with van der Waals surface area (Å²) < 4.78 is 5.64. The predicted molar refractivity (Wildman–Crippen MR) is 45.2 cm³/mol. The molecule has 0 heterocycles. The Kier molecular flexibility index (Phi) is 5.70. The summed E-state index contributed by atoms with van der Waals surface area (Å²) in [6.07, 6.45) is 4.45. The second-order valence-electron chi connectivity index (χ2n) is 3.00. The Hall–Kier alpha value is -0.0400. The Morgan fingerprint density at radius 1 is 1.20 bits per heavy atom. The van der Waals surface area contributed by atoms with E-state index in [4.69, 9.17) is 4.74 Å². The van der Waals surface area contributed by atoms with Crippen LogP contribution in [0.25, 0.3) is 0 Å². The Balaban J connectivity index is 3.39. The molecule has 0 aromatic carbocycles. The minimum Gasteiger partial charge on any atom is -0.376 e. The number of hydrogen-bond donors (Lipinski definition) is 0. The van der Waals surface area contributed by atoms with Gasteiger partial charge in [-0.3, -0.25) is 0 Å². The van der Waals surface area contributed by atoms with Crippen LogP contribution in [0.1, 0.15) is 47.0 Å². The van der Waals surface area contributed by atoms with Crippen LogP contribution in [0.2, 0.25) is 0 Å². The van der Waals surface area contributed by atoms with E-state index in [1.54, 1.807) is 0 Å². The quantitative estimate of drug-likeness (QED) is 0.576. The molecule has 0 aliphatic heterocycles. The molecule has 62 valence electrons. The van der Waals surface area contributed by atoms with Gasteiger partial charge in [0.05, 0.1) is 12.2 Å². The average Bonchev–Trinajstić information content (AvgIpc) is 1.86. The summed E-state index contributed by atoms with van der Waals surface area (Å²) in [6, 6.07) is 0. The maximum Gasteiger partial charge on any atom is 0.0575 e. The van der Waals surface area contributed by atoms with Crippen molar-refractivity contribution < 1.29 is 4.74 Å². The molecule has 1 atom stereocenters. The smallest absolute Gasteiger partial charge is 0.0575 e. The van der Waals surface area contributed by atoms with Gasteiger partial charge >= 0.3 is 0 Å². The molecule has 0 aliphatic rings. The summed E-state index contributed by atoms with van der Waals surface area (Å²) in [5, 5.41) is 0. The van der Waals surface area contributed by atoms with E-state index in [-0.39, 0.29) is 0 Å². The summed E-state index contributed by atoms with van der Waals surface area (Å²) in [5.41, 5.74) is 0. The molecule has 1 heteroatoms. The summed E-state index contributed by atoms with van der Waals surface area (Å²) in [4.78, 5) is 0. The molecule has 10 heavy (non-hydrogen) atoms. The lowest BCUT2D eigenvalue weighted by molar-refractivity contribution is 0.00106. The van der Waals surface area contributed by atoms with Crippen LogP contribution in [0.15, 0.2) is 0 Å². The van der Waals surface area contributed by atoms with Gasteiger partial charge in [-0.25, -0.2) is 0 Å². The highest BCUT2D eigenvalue weighted by Crippen LogP contribution is 2.08. The highest BCUT2D eigenvalue weighted by molar-refractivity contribution is 4.55. The lowest BCUT2D eigenvalue weighted by Gasteiger charge is -2.17. The van der Waals surface area contributed by atoms with Gasteiger partial charge in [0.1, 0.15) is 0 Å². The van der Waals surface area contributed by atoms with Crippen molar-refractivity contribution in [1.29, 1.82) is 0 Å². The molecule has 0 bridgehead atoms. The van der Waals surface area contributed by atoms with Crippen LogP contribution in [0.4, 0.5) is 0 Å². The first-order chi connectivity index (χ1) is 4.70. The molecule has 0 amide bonds. The van der Waals surface area contributed by atoms with E-state index >= 15 is 0 Å². The molecule has 0 aliphatic carbocycles. The predicted octanol–water partition coefficient (Wildman–Crippen LogP) is 2.99. The fourth-order valence-electron chi connectivity index (χ4n) is 1.08. The van der Waals surface area contributed by atoms with E-state index in [1.165, 1.54) is 12.8 Å². The first-order valence-corrected chi connectivity index (χ1v) is 4.36. The zero-order valence-corrected chi connectivity index (χ0v) is 7.68. The van der Waals surface area contributed by atoms with Gasteiger partial charge in [0, 0.05) is 0 Å². The summed E-state index contributed by atoms with van der Waals surface area (Å²) in [7, 11) is 0. The van der Waals surface area contributed by atoms with Crippen molar-refractivity contribution in [2.75, 3.05) is 0 Å². The number of ether oxygens (including phenoxy) is 1. The van der Waals surface area contributed by atoms with Crippen molar-refractivity contribution in [3.63, 3.8) is 0 Å². The van der Waals surface area contributed by atoms with Crippen LogP contribution >= 0.6 is 0 Å². The maximum absolute atomic E-state index is 5.64. The third kappa shape index (κ3) is 4.80. The minimum atomic E-state index is 0.386. The Morgan fingerprint density at radius 3 is 2.10 bits per heavy atom. The number of rotatable bonds is 5. The van der Waals surface area contributed by atoms with E-state index < -0.39 is 0 Å². The van der Waals surface area contributed by atoms with E-state index in [0.717, 1.165) is 6.42 Å². The first-order valence-electron chi connectivity index (χ1n) is 4.36. The van der Waals surface area contributed by atoms with Crippen molar-refractivity contribution in [2.24, 2.45) is 0 Å². The second kappa shape index (κ2) is 5.72. The lowest BCUT2D eigenvalue weighted by Crippen LogP contribution is -2.16. The normalized spacial score (nSPS) is 14.1. The Labute approximate surface area is 64.8 Å². The third-order valence-corrected chi connectivity index (χ3v) is 1.53. The SMILES string of the molecule is CCC[C@@H](CC)OC(C)C. The summed E-state index contributed by atoms with van der Waals surface area (Å²) in [5.74, 6) is 0. The maximum atomic E-state index is 5.64. The van der Waals surface area contributed by atoms with Gasteiger partial charge in [0.15, 0.2) is 0 Å². The van der Waals surface area contributed by atoms with Gasteiger partial charge in [-0.2, -0.15) is 0 Å². The van der Waals surface area contributed by atoms with E-state index in [1.807, 2.05) is 0 Å². The van der Waals surface area contributed by atoms with Crippen molar-refractivity contribution in [3.8, 4) is 0 Å². The van der Waals surface area contributed by atoms with Crippen molar-refractivity contribution >= 4 is 0 Å². The van der Waals surface area contributed by atoms with Gasteiger partial charge < -0.3 is 4.74 Å². The second-order valence-corrected chi connectivity index (χ2v) is 3.00. The lowest BCUT2D eigenvalue weighted by atomic mass is 10.1. The van der Waals surface area contributed by atoms with Gasteiger partial charge in [0.2, 0.25) is 0 Å². The van der Waals surface area contributed by atoms with Crippen LogP contribution in [0.3, 0.4) is 0 Å². The summed E-state index contributed by atoms with van der Waals surface area (Å²) in [6.45, 7) is 8.58. The van der Waals surface area contributed by atoms with E-state index in [0.29, 0.717) is 12.2 Å². The fraction of sp³-hybridized carbons (Fsp3) is 1.00. The highest BCUT2D eigenvalue weighted by atomic mass is 16.5. The molecule has 0 spiro atoms. The topological polar surface area (TPSA) is 9.23 Å². The average molecular weight is 144 g/mol. The van der Waals surface area contributed by atoms with Gasteiger partial charge in [0.25, 0.3) is 0 Å². The molecule has 1 nitrogen and oxygen atoms in total. The molecule has 0 rings (SSSR count). The highest BCUT2D eigenvalue weighted by Gasteiger charge is 2.05. The van der Waals surface area contributed by atoms with Crippen LogP contribution in [0.5, 0.6) is 0 Å². The molecular weight excluding hydrogens is 124 g/mol. The van der Waals surface area contributed by atoms with Gasteiger partial charge in [-0.05, 0) is 26.7 Å².